The van der Waals surface area contributed by atoms with Gasteiger partial charge in [-0.3, -0.25) is 13.8 Å². The molecule has 0 aliphatic heterocycles. The molecule has 0 aromatic heterocycles. The molecule has 10 heteroatoms. The number of carbonyl (C=O) groups is 1. The quantitative estimate of drug-likeness (QED) is 0.0257. The second-order valence-corrected chi connectivity index (χ2v) is 14.1. The van der Waals surface area contributed by atoms with E-state index in [0.29, 0.717) is 12.8 Å². The molecule has 0 saturated heterocycles. The fourth-order valence-electron chi connectivity index (χ4n) is 5.15. The number of allylic oxidation sites excluding steroid dienone is 5. The summed E-state index contributed by atoms with van der Waals surface area (Å²) in [5, 5.41) is 23.8. The SMILES string of the molecule is CCCCCCCCCC/C=C/CC/C=C/CC/C=C/C(O)C(COP(=O)(O)OCCN)NC(=O)CC(O)CCCCCCCCC. The number of aliphatic hydroxyl groups is 2. The number of nitrogens with two attached hydrogens (primary N) is 1. The van der Waals surface area contributed by atoms with Gasteiger partial charge in [0.05, 0.1) is 37.9 Å². The number of phosphoric acid groups is 1. The molecule has 0 fully saturated rings. The van der Waals surface area contributed by atoms with Crippen LogP contribution in [-0.2, 0) is 18.4 Å². The van der Waals surface area contributed by atoms with Crippen LogP contribution >= 0.6 is 7.82 Å². The van der Waals surface area contributed by atoms with Crippen LogP contribution in [0, 0.1) is 0 Å². The molecule has 276 valence electrons. The maximum Gasteiger partial charge on any atom is 0.472 e. The Morgan fingerprint density at radius 3 is 1.77 bits per heavy atom. The van der Waals surface area contributed by atoms with Crippen LogP contribution < -0.4 is 11.1 Å². The molecule has 0 aliphatic rings. The molecule has 4 atom stereocenters. The van der Waals surface area contributed by atoms with Gasteiger partial charge in [0, 0.05) is 6.54 Å². The molecular formula is C37H71N2O7P. The highest BCUT2D eigenvalue weighted by atomic mass is 31.2. The van der Waals surface area contributed by atoms with Gasteiger partial charge in [-0.1, -0.05) is 140 Å². The lowest BCUT2D eigenvalue weighted by molar-refractivity contribution is -0.124. The summed E-state index contributed by atoms with van der Waals surface area (Å²) in [5.41, 5.74) is 5.33. The Morgan fingerprint density at radius 1 is 0.723 bits per heavy atom. The Labute approximate surface area is 287 Å². The van der Waals surface area contributed by atoms with E-state index in [9.17, 15) is 24.5 Å². The van der Waals surface area contributed by atoms with Crippen molar-refractivity contribution in [1.29, 1.82) is 0 Å². The van der Waals surface area contributed by atoms with Crippen LogP contribution in [0.1, 0.15) is 155 Å². The third-order valence-electron chi connectivity index (χ3n) is 8.00. The van der Waals surface area contributed by atoms with Crippen LogP contribution in [0.2, 0.25) is 0 Å². The number of nitrogens with one attached hydrogen (secondary N) is 1. The van der Waals surface area contributed by atoms with Crippen molar-refractivity contribution in [3.05, 3.63) is 36.5 Å². The molecule has 0 spiro atoms. The van der Waals surface area contributed by atoms with Gasteiger partial charge in [-0.2, -0.15) is 0 Å². The average molecular weight is 687 g/mol. The number of aliphatic hydroxyl groups excluding tert-OH is 2. The zero-order valence-electron chi connectivity index (χ0n) is 29.9. The van der Waals surface area contributed by atoms with Crippen molar-refractivity contribution in [3.8, 4) is 0 Å². The summed E-state index contributed by atoms with van der Waals surface area (Å²) in [6.07, 6.45) is 33.9. The highest BCUT2D eigenvalue weighted by Gasteiger charge is 2.27. The number of carbonyl (C=O) groups excluding carboxylic acids is 1. The lowest BCUT2D eigenvalue weighted by Crippen LogP contribution is -2.46. The Hall–Kier alpha value is -1.32. The van der Waals surface area contributed by atoms with Gasteiger partial charge in [0.1, 0.15) is 0 Å². The van der Waals surface area contributed by atoms with E-state index in [-0.39, 0.29) is 19.6 Å². The number of hydrogen-bond acceptors (Lipinski definition) is 7. The highest BCUT2D eigenvalue weighted by Crippen LogP contribution is 2.43. The Balaban J connectivity index is 4.49. The maximum absolute atomic E-state index is 12.7. The van der Waals surface area contributed by atoms with E-state index >= 15 is 0 Å². The lowest BCUT2D eigenvalue weighted by Gasteiger charge is -2.24. The minimum Gasteiger partial charge on any atom is -0.393 e. The summed E-state index contributed by atoms with van der Waals surface area (Å²) < 4.78 is 21.9. The van der Waals surface area contributed by atoms with Gasteiger partial charge in [0.15, 0.2) is 0 Å². The van der Waals surface area contributed by atoms with E-state index in [4.69, 9.17) is 14.8 Å². The zero-order valence-corrected chi connectivity index (χ0v) is 30.8. The third-order valence-corrected chi connectivity index (χ3v) is 8.99. The molecule has 0 saturated carbocycles. The van der Waals surface area contributed by atoms with Crippen LogP contribution in [0.25, 0.3) is 0 Å². The Kier molecular flexibility index (Phi) is 32.3. The minimum absolute atomic E-state index is 0.0422. The van der Waals surface area contributed by atoms with Crippen molar-refractivity contribution in [2.75, 3.05) is 19.8 Å². The van der Waals surface area contributed by atoms with E-state index < -0.39 is 38.6 Å². The van der Waals surface area contributed by atoms with Gasteiger partial charge in [0.2, 0.25) is 5.91 Å². The summed E-state index contributed by atoms with van der Waals surface area (Å²) in [6.45, 7) is 3.87. The standard InChI is InChI=1S/C37H71N2O7P/c1-3-5-7-9-11-12-13-14-15-16-17-18-19-20-21-23-25-27-29-36(41)35(33-46-47(43,44)45-31-30-38)39-37(42)32-34(40)28-26-24-22-10-8-6-4-2/h16-17,20-21,27,29,34-36,40-41H,3-15,18-19,22-26,28,30-33,38H2,1-2H3,(H,39,42)(H,43,44)/b17-16+,21-20+,29-27+. The summed E-state index contributed by atoms with van der Waals surface area (Å²) in [6, 6.07) is -1.00. The molecule has 0 aromatic carbocycles. The molecule has 0 radical (unpaired) electrons. The van der Waals surface area contributed by atoms with Crippen LogP contribution in [0.4, 0.5) is 0 Å². The summed E-state index contributed by atoms with van der Waals surface area (Å²) in [5.74, 6) is -0.466. The fraction of sp³-hybridized carbons (Fsp3) is 0.811. The van der Waals surface area contributed by atoms with Gasteiger partial charge < -0.3 is 26.2 Å². The topological polar surface area (TPSA) is 151 Å². The maximum atomic E-state index is 12.7. The largest absolute Gasteiger partial charge is 0.472 e. The van der Waals surface area contributed by atoms with Crippen molar-refractivity contribution in [1.82, 2.24) is 5.32 Å². The van der Waals surface area contributed by atoms with E-state index in [1.807, 2.05) is 6.08 Å². The normalized spacial score (nSPS) is 15.4. The van der Waals surface area contributed by atoms with E-state index in [0.717, 1.165) is 44.9 Å². The molecule has 4 unspecified atom stereocenters. The Bertz CT molecular complexity index is 853. The van der Waals surface area contributed by atoms with Crippen LogP contribution in [0.5, 0.6) is 0 Å². The molecule has 0 aliphatic carbocycles. The monoisotopic (exact) mass is 686 g/mol. The Morgan fingerprint density at radius 2 is 1.21 bits per heavy atom. The molecule has 6 N–H and O–H groups in total. The predicted molar refractivity (Wildman–Crippen MR) is 195 cm³/mol. The minimum atomic E-state index is -4.40. The molecule has 1 amide bonds. The second kappa shape index (κ2) is 33.2. The molecule has 0 bridgehead atoms. The van der Waals surface area contributed by atoms with Crippen molar-refractivity contribution < 1.29 is 33.5 Å². The average Bonchev–Trinajstić information content (AvgIpc) is 3.04. The van der Waals surface area contributed by atoms with Crippen molar-refractivity contribution in [3.63, 3.8) is 0 Å². The number of hydrogen-bond donors (Lipinski definition) is 5. The van der Waals surface area contributed by atoms with E-state index in [2.05, 4.69) is 43.5 Å². The molecule has 0 rings (SSSR count). The fourth-order valence-corrected chi connectivity index (χ4v) is 5.91. The van der Waals surface area contributed by atoms with E-state index in [1.54, 1.807) is 6.08 Å². The first-order valence-electron chi connectivity index (χ1n) is 18.7. The zero-order chi connectivity index (χ0) is 34.9. The van der Waals surface area contributed by atoms with Gasteiger partial charge in [0.25, 0.3) is 0 Å². The van der Waals surface area contributed by atoms with Crippen molar-refractivity contribution >= 4 is 13.7 Å². The summed E-state index contributed by atoms with van der Waals surface area (Å²) >= 11 is 0. The third kappa shape index (κ3) is 31.7. The number of unbranched alkanes of at least 4 members (excludes halogenated alkanes) is 16. The first kappa shape index (κ1) is 45.7. The van der Waals surface area contributed by atoms with Crippen LogP contribution in [0.15, 0.2) is 36.5 Å². The van der Waals surface area contributed by atoms with Gasteiger partial charge in [-0.15, -0.1) is 0 Å². The second-order valence-electron chi connectivity index (χ2n) is 12.6. The lowest BCUT2D eigenvalue weighted by atomic mass is 10.0. The van der Waals surface area contributed by atoms with Crippen molar-refractivity contribution in [2.45, 2.75) is 173 Å². The predicted octanol–water partition coefficient (Wildman–Crippen LogP) is 8.58. The first-order chi connectivity index (χ1) is 22.8. The highest BCUT2D eigenvalue weighted by molar-refractivity contribution is 7.47. The van der Waals surface area contributed by atoms with Gasteiger partial charge in [-0.05, 0) is 44.9 Å². The van der Waals surface area contributed by atoms with Crippen LogP contribution in [0.3, 0.4) is 0 Å². The first-order valence-corrected chi connectivity index (χ1v) is 20.2. The molecule has 0 heterocycles. The van der Waals surface area contributed by atoms with Crippen LogP contribution in [-0.4, -0.2) is 59.0 Å². The summed E-state index contributed by atoms with van der Waals surface area (Å²) in [4.78, 5) is 22.5. The van der Waals surface area contributed by atoms with Crippen molar-refractivity contribution in [2.24, 2.45) is 5.73 Å². The number of amides is 1. The molecule has 47 heavy (non-hydrogen) atoms. The molecular weight excluding hydrogens is 615 g/mol. The molecule has 0 aromatic rings. The number of phosphoric ester groups is 1. The number of rotatable bonds is 34. The van der Waals surface area contributed by atoms with Gasteiger partial charge in [-0.25, -0.2) is 4.57 Å². The van der Waals surface area contributed by atoms with Gasteiger partial charge >= 0.3 is 7.82 Å². The smallest absolute Gasteiger partial charge is 0.393 e. The summed E-state index contributed by atoms with van der Waals surface area (Å²) in [7, 11) is -4.40. The van der Waals surface area contributed by atoms with E-state index in [1.165, 1.54) is 77.0 Å². The molecule has 9 nitrogen and oxygen atoms in total.